The van der Waals surface area contributed by atoms with Gasteiger partial charge in [-0.3, -0.25) is 0 Å². The van der Waals surface area contributed by atoms with Gasteiger partial charge in [0, 0.05) is 11.8 Å². The smallest absolute Gasteiger partial charge is 0.351 e. The maximum absolute atomic E-state index is 12.3. The molecule has 1 aromatic rings. The van der Waals surface area contributed by atoms with Gasteiger partial charge in [0.05, 0.1) is 12.3 Å². The molecule has 0 bridgehead atoms. The third-order valence-corrected chi connectivity index (χ3v) is 4.86. The van der Waals surface area contributed by atoms with E-state index < -0.39 is 5.97 Å². The molecular formula is C20H20ClN3O2. The van der Waals surface area contributed by atoms with Crippen LogP contribution in [0.1, 0.15) is 37.7 Å². The number of carbonyl (C=O) groups excluding carboxylic acids is 1. The summed E-state index contributed by atoms with van der Waals surface area (Å²) in [5, 5.41) is 12.4. The van der Waals surface area contributed by atoms with Gasteiger partial charge in [0.15, 0.2) is 10.7 Å². The molecule has 0 radical (unpaired) electrons. The maximum Gasteiger partial charge on any atom is 0.351 e. The van der Waals surface area contributed by atoms with Crippen LogP contribution in [0.5, 0.6) is 0 Å². The first-order valence-corrected chi connectivity index (χ1v) is 9.15. The normalized spacial score (nSPS) is 19.5. The second-order valence-electron chi connectivity index (χ2n) is 6.41. The quantitative estimate of drug-likeness (QED) is 0.492. The van der Waals surface area contributed by atoms with Crippen LogP contribution in [-0.2, 0) is 9.53 Å². The number of nitrogens with zero attached hydrogens (tertiary/aromatic N) is 2. The third-order valence-electron chi connectivity index (χ3n) is 4.59. The Morgan fingerprint density at radius 3 is 2.65 bits per heavy atom. The highest BCUT2D eigenvalue weighted by Gasteiger charge is 2.24. The van der Waals surface area contributed by atoms with Crippen molar-refractivity contribution in [2.75, 3.05) is 6.61 Å². The molecule has 1 fully saturated rings. The van der Waals surface area contributed by atoms with E-state index >= 15 is 0 Å². The molecule has 134 valence electrons. The van der Waals surface area contributed by atoms with E-state index in [-0.39, 0.29) is 16.4 Å². The molecule has 1 saturated carbocycles. The number of benzene rings is 1. The lowest BCUT2D eigenvalue weighted by Gasteiger charge is -2.21. The van der Waals surface area contributed by atoms with Gasteiger partial charge in [-0.15, -0.1) is 0 Å². The number of carbonyl (C=O) groups is 1. The Hall–Kier alpha value is -2.58. The summed E-state index contributed by atoms with van der Waals surface area (Å²) in [6.07, 6.45) is 7.33. The van der Waals surface area contributed by atoms with Gasteiger partial charge in [0.2, 0.25) is 0 Å². The molecule has 1 aliphatic carbocycles. The Bertz CT molecular complexity index is 800. The van der Waals surface area contributed by atoms with Crippen LogP contribution in [0, 0.1) is 17.2 Å². The van der Waals surface area contributed by atoms with E-state index in [1.165, 1.54) is 19.3 Å². The number of allylic oxidation sites excluding steroid dienone is 1. The summed E-state index contributed by atoms with van der Waals surface area (Å²) in [7, 11) is 0. The van der Waals surface area contributed by atoms with Gasteiger partial charge < -0.3 is 10.1 Å². The van der Waals surface area contributed by atoms with Gasteiger partial charge in [-0.2, -0.15) is 5.26 Å². The Morgan fingerprint density at radius 2 is 2.00 bits per heavy atom. The largest absolute Gasteiger partial charge is 0.461 e. The maximum atomic E-state index is 12.3. The Morgan fingerprint density at radius 1 is 1.27 bits per heavy atom. The first-order chi connectivity index (χ1) is 12.7. The molecule has 3 rings (SSSR count). The Kier molecular flexibility index (Phi) is 6.08. The van der Waals surface area contributed by atoms with E-state index in [1.807, 2.05) is 36.4 Å². The molecule has 1 heterocycles. The Labute approximate surface area is 158 Å². The van der Waals surface area contributed by atoms with E-state index in [9.17, 15) is 10.1 Å². The minimum Gasteiger partial charge on any atom is -0.461 e. The van der Waals surface area contributed by atoms with Crippen LogP contribution in [0.2, 0.25) is 0 Å². The fourth-order valence-electron chi connectivity index (χ4n) is 3.15. The van der Waals surface area contributed by atoms with Gasteiger partial charge in [-0.25, -0.2) is 9.79 Å². The minimum absolute atomic E-state index is 0.0671. The SMILES string of the molecule is N#C/C(C(=O)OCC1CCCCC1)=C1/NC=C(c2ccccc2)N=C1Cl. The highest BCUT2D eigenvalue weighted by molar-refractivity contribution is 6.70. The molecule has 0 atom stereocenters. The van der Waals surface area contributed by atoms with Crippen molar-refractivity contribution in [1.82, 2.24) is 5.32 Å². The molecule has 26 heavy (non-hydrogen) atoms. The zero-order valence-electron chi connectivity index (χ0n) is 14.4. The van der Waals surface area contributed by atoms with E-state index in [2.05, 4.69) is 10.3 Å². The number of hydrogen-bond acceptors (Lipinski definition) is 5. The average Bonchev–Trinajstić information content (AvgIpc) is 2.69. The van der Waals surface area contributed by atoms with Gasteiger partial charge in [-0.1, -0.05) is 61.2 Å². The van der Waals surface area contributed by atoms with Crippen LogP contribution in [0.4, 0.5) is 0 Å². The van der Waals surface area contributed by atoms with E-state index in [0.29, 0.717) is 18.2 Å². The predicted molar refractivity (Wildman–Crippen MR) is 101 cm³/mol. The summed E-state index contributed by atoms with van der Waals surface area (Å²) in [6, 6.07) is 11.4. The first kappa shape index (κ1) is 18.2. The highest BCUT2D eigenvalue weighted by atomic mass is 35.5. The molecule has 6 heteroatoms. The predicted octanol–water partition coefficient (Wildman–Crippen LogP) is 4.13. The fraction of sp³-hybridized carbons (Fsp3) is 0.350. The van der Waals surface area contributed by atoms with Crippen molar-refractivity contribution in [3.63, 3.8) is 0 Å². The van der Waals surface area contributed by atoms with Crippen molar-refractivity contribution in [1.29, 1.82) is 5.26 Å². The second kappa shape index (κ2) is 8.68. The molecule has 0 spiro atoms. The molecule has 0 amide bonds. The number of halogens is 1. The zero-order valence-corrected chi connectivity index (χ0v) is 15.1. The lowest BCUT2D eigenvalue weighted by Crippen LogP contribution is -2.24. The van der Waals surface area contributed by atoms with Crippen LogP contribution in [0.3, 0.4) is 0 Å². The molecule has 2 aliphatic rings. The lowest BCUT2D eigenvalue weighted by atomic mass is 9.90. The topological polar surface area (TPSA) is 74.5 Å². The van der Waals surface area contributed by atoms with E-state index in [4.69, 9.17) is 16.3 Å². The van der Waals surface area contributed by atoms with Crippen LogP contribution in [0.15, 0.2) is 52.8 Å². The average molecular weight is 370 g/mol. The zero-order chi connectivity index (χ0) is 18.4. The standard InChI is InChI=1S/C20H20ClN3O2/c21-19-18(23-12-17(24-19)15-9-5-2-6-10-15)16(11-22)20(25)26-13-14-7-3-1-4-8-14/h2,5-6,9-10,12,14,23H,1,3-4,7-8,13H2/b18-16-. The third kappa shape index (κ3) is 4.33. The second-order valence-corrected chi connectivity index (χ2v) is 6.76. The van der Waals surface area contributed by atoms with E-state index in [0.717, 1.165) is 18.4 Å². The van der Waals surface area contributed by atoms with Crippen LogP contribution in [0.25, 0.3) is 5.70 Å². The number of nitriles is 1. The fourth-order valence-corrected chi connectivity index (χ4v) is 3.39. The number of ether oxygens (including phenoxy) is 1. The number of esters is 1. The molecule has 1 N–H and O–H groups in total. The summed E-state index contributed by atoms with van der Waals surface area (Å²) in [4.78, 5) is 16.6. The van der Waals surface area contributed by atoms with Gasteiger partial charge >= 0.3 is 5.97 Å². The summed E-state index contributed by atoms with van der Waals surface area (Å²) in [6.45, 7) is 0.344. The summed E-state index contributed by atoms with van der Waals surface area (Å²) < 4.78 is 5.35. The molecular weight excluding hydrogens is 350 g/mol. The van der Waals surface area contributed by atoms with E-state index in [1.54, 1.807) is 6.20 Å². The molecule has 0 unspecified atom stereocenters. The van der Waals surface area contributed by atoms with Crippen molar-refractivity contribution in [2.24, 2.45) is 10.9 Å². The number of hydrogen-bond donors (Lipinski definition) is 1. The van der Waals surface area contributed by atoms with Crippen molar-refractivity contribution >= 4 is 28.4 Å². The monoisotopic (exact) mass is 369 g/mol. The van der Waals surface area contributed by atoms with Crippen molar-refractivity contribution in [2.45, 2.75) is 32.1 Å². The van der Waals surface area contributed by atoms with Crippen molar-refractivity contribution < 1.29 is 9.53 Å². The minimum atomic E-state index is -0.662. The number of nitrogens with one attached hydrogen (secondary N) is 1. The van der Waals surface area contributed by atoms with Crippen LogP contribution in [-0.4, -0.2) is 17.7 Å². The van der Waals surface area contributed by atoms with Crippen LogP contribution < -0.4 is 5.32 Å². The lowest BCUT2D eigenvalue weighted by molar-refractivity contribution is -0.140. The van der Waals surface area contributed by atoms with Gasteiger partial charge in [-0.05, 0) is 18.8 Å². The molecule has 1 aliphatic heterocycles. The molecule has 1 aromatic carbocycles. The highest BCUT2D eigenvalue weighted by Crippen LogP contribution is 2.25. The summed E-state index contributed by atoms with van der Waals surface area (Å²) in [5.41, 5.74) is 1.54. The Balaban J connectivity index is 1.71. The van der Waals surface area contributed by atoms with Crippen molar-refractivity contribution in [3.8, 4) is 6.07 Å². The first-order valence-electron chi connectivity index (χ1n) is 8.77. The van der Waals surface area contributed by atoms with Crippen LogP contribution >= 0.6 is 11.6 Å². The summed E-state index contributed by atoms with van der Waals surface area (Å²) in [5.74, 6) is -0.281. The van der Waals surface area contributed by atoms with Crippen molar-refractivity contribution in [3.05, 3.63) is 53.4 Å². The molecule has 5 nitrogen and oxygen atoms in total. The number of aliphatic imine (C=N–C) groups is 1. The summed E-state index contributed by atoms with van der Waals surface area (Å²) >= 11 is 6.22. The number of rotatable bonds is 4. The molecule has 0 saturated heterocycles. The molecule has 0 aromatic heterocycles. The van der Waals surface area contributed by atoms with Gasteiger partial charge in [0.25, 0.3) is 0 Å². The van der Waals surface area contributed by atoms with Gasteiger partial charge in [0.1, 0.15) is 11.8 Å².